The van der Waals surface area contributed by atoms with E-state index in [9.17, 15) is 5.11 Å². The van der Waals surface area contributed by atoms with Gasteiger partial charge in [-0.15, -0.1) is 11.3 Å². The summed E-state index contributed by atoms with van der Waals surface area (Å²) >= 11 is 1.61. The van der Waals surface area contributed by atoms with E-state index in [1.807, 2.05) is 17.5 Å². The molecule has 0 unspecified atom stereocenters. The zero-order valence-corrected chi connectivity index (χ0v) is 14.4. The Morgan fingerprint density at radius 2 is 2.17 bits per heavy atom. The van der Waals surface area contributed by atoms with Crippen LogP contribution in [-0.4, -0.2) is 27.7 Å². The summed E-state index contributed by atoms with van der Waals surface area (Å²) in [7, 11) is 0. The van der Waals surface area contributed by atoms with Gasteiger partial charge in [0.05, 0.1) is 5.69 Å². The Labute approximate surface area is 145 Å². The first-order valence-electron chi connectivity index (χ1n) is 8.54. The molecule has 2 aromatic heterocycles. The first kappa shape index (κ1) is 15.5. The molecule has 0 radical (unpaired) electrons. The molecule has 0 spiro atoms. The third kappa shape index (κ3) is 3.28. The molecule has 3 heterocycles. The molecule has 1 aliphatic rings. The number of piperidine rings is 1. The van der Waals surface area contributed by atoms with E-state index >= 15 is 0 Å². The van der Waals surface area contributed by atoms with Crippen LogP contribution < -0.4 is 5.32 Å². The largest absolute Gasteiger partial charge is 0.508 e. The predicted octanol–water partition coefficient (Wildman–Crippen LogP) is 4.14. The molecule has 0 bridgehead atoms. The van der Waals surface area contributed by atoms with Crippen molar-refractivity contribution in [3.8, 4) is 17.0 Å². The van der Waals surface area contributed by atoms with Crippen LogP contribution in [0.4, 0.5) is 0 Å². The number of aromatic nitrogens is 2. The Morgan fingerprint density at radius 3 is 3.04 bits per heavy atom. The van der Waals surface area contributed by atoms with E-state index in [1.54, 1.807) is 23.7 Å². The number of phenolic OH excluding ortho intramolecular Hbond substituents is 1. The number of rotatable bonds is 4. The quantitative estimate of drug-likeness (QED) is 0.750. The second-order valence-corrected chi connectivity index (χ2v) is 7.33. The van der Waals surface area contributed by atoms with Crippen molar-refractivity contribution < 1.29 is 5.11 Å². The maximum absolute atomic E-state index is 10.2. The van der Waals surface area contributed by atoms with Crippen molar-refractivity contribution in [2.24, 2.45) is 0 Å². The highest BCUT2D eigenvalue weighted by Crippen LogP contribution is 2.31. The summed E-state index contributed by atoms with van der Waals surface area (Å²) in [6, 6.07) is 8.47. The van der Waals surface area contributed by atoms with Crippen molar-refractivity contribution >= 4 is 21.6 Å². The first-order chi connectivity index (χ1) is 11.8. The minimum absolute atomic E-state index is 0.307. The van der Waals surface area contributed by atoms with Crippen molar-refractivity contribution in [3.05, 3.63) is 41.5 Å². The number of aryl methyl sites for hydroxylation is 1. The molecular weight excluding hydrogens is 318 g/mol. The van der Waals surface area contributed by atoms with E-state index in [0.717, 1.165) is 40.9 Å². The van der Waals surface area contributed by atoms with Crippen LogP contribution in [-0.2, 0) is 6.42 Å². The van der Waals surface area contributed by atoms with Gasteiger partial charge in [-0.1, -0.05) is 6.42 Å². The van der Waals surface area contributed by atoms with Crippen LogP contribution in [0.2, 0.25) is 0 Å². The topological polar surface area (TPSA) is 58.0 Å². The van der Waals surface area contributed by atoms with Crippen molar-refractivity contribution in [1.29, 1.82) is 0 Å². The van der Waals surface area contributed by atoms with Gasteiger partial charge < -0.3 is 10.4 Å². The van der Waals surface area contributed by atoms with Crippen LogP contribution in [0.25, 0.3) is 21.5 Å². The number of nitrogens with one attached hydrogen (secondary N) is 1. The van der Waals surface area contributed by atoms with Gasteiger partial charge in [-0.05, 0) is 67.4 Å². The van der Waals surface area contributed by atoms with E-state index in [4.69, 9.17) is 0 Å². The molecule has 124 valence electrons. The molecule has 4 nitrogen and oxygen atoms in total. The van der Waals surface area contributed by atoms with Crippen LogP contribution in [0.3, 0.4) is 0 Å². The van der Waals surface area contributed by atoms with Crippen LogP contribution in [0.1, 0.15) is 31.2 Å². The van der Waals surface area contributed by atoms with Crippen LogP contribution in [0.5, 0.6) is 5.75 Å². The smallest absolute Gasteiger partial charge is 0.127 e. The predicted molar refractivity (Wildman–Crippen MR) is 98.5 cm³/mol. The molecule has 1 aromatic carbocycles. The lowest BCUT2D eigenvalue weighted by Gasteiger charge is -2.23. The summed E-state index contributed by atoms with van der Waals surface area (Å²) in [5, 5.41) is 16.8. The van der Waals surface area contributed by atoms with Crippen molar-refractivity contribution in [2.45, 2.75) is 38.1 Å². The van der Waals surface area contributed by atoms with Gasteiger partial charge in [-0.2, -0.15) is 0 Å². The van der Waals surface area contributed by atoms with E-state index in [-0.39, 0.29) is 0 Å². The molecule has 2 N–H and O–H groups in total. The molecule has 24 heavy (non-hydrogen) atoms. The lowest BCUT2D eigenvalue weighted by atomic mass is 9.96. The maximum atomic E-state index is 10.2. The summed E-state index contributed by atoms with van der Waals surface area (Å²) < 4.78 is 0. The van der Waals surface area contributed by atoms with Crippen molar-refractivity contribution in [1.82, 2.24) is 15.3 Å². The van der Waals surface area contributed by atoms with Crippen LogP contribution >= 0.6 is 11.3 Å². The SMILES string of the molecule is Oc1cc(CC[C@H]2CCCCN2)cc(-c2ncnc3sccc23)c1. The lowest BCUT2D eigenvalue weighted by Crippen LogP contribution is -2.34. The summed E-state index contributed by atoms with van der Waals surface area (Å²) in [6.07, 6.45) is 7.55. The summed E-state index contributed by atoms with van der Waals surface area (Å²) in [4.78, 5) is 9.74. The summed E-state index contributed by atoms with van der Waals surface area (Å²) in [5.74, 6) is 0.307. The second-order valence-electron chi connectivity index (χ2n) is 6.44. The molecule has 0 saturated carbocycles. The Morgan fingerprint density at radius 1 is 1.21 bits per heavy atom. The minimum atomic E-state index is 0.307. The highest BCUT2D eigenvalue weighted by molar-refractivity contribution is 7.16. The molecule has 1 fully saturated rings. The zero-order chi connectivity index (χ0) is 16.4. The zero-order valence-electron chi connectivity index (χ0n) is 13.5. The van der Waals surface area contributed by atoms with Crippen LogP contribution in [0.15, 0.2) is 36.0 Å². The molecule has 1 aliphatic heterocycles. The number of thiophene rings is 1. The van der Waals surface area contributed by atoms with Gasteiger partial charge in [-0.3, -0.25) is 0 Å². The van der Waals surface area contributed by atoms with Crippen molar-refractivity contribution in [3.63, 3.8) is 0 Å². The molecule has 0 aliphatic carbocycles. The Hall–Kier alpha value is -1.98. The Kier molecular flexibility index (Phi) is 4.45. The minimum Gasteiger partial charge on any atom is -0.508 e. The number of nitrogens with zero attached hydrogens (tertiary/aromatic N) is 2. The average molecular weight is 339 g/mol. The number of phenols is 1. The number of aromatic hydroxyl groups is 1. The van der Waals surface area contributed by atoms with E-state index < -0.39 is 0 Å². The maximum Gasteiger partial charge on any atom is 0.127 e. The molecule has 1 saturated heterocycles. The Bertz CT molecular complexity index is 839. The fraction of sp³-hybridized carbons (Fsp3) is 0.368. The highest BCUT2D eigenvalue weighted by Gasteiger charge is 2.14. The fourth-order valence-electron chi connectivity index (χ4n) is 3.49. The van der Waals surface area contributed by atoms with Gasteiger partial charge >= 0.3 is 0 Å². The molecular formula is C19H21N3OS. The Balaban J connectivity index is 1.60. The van der Waals surface area contributed by atoms with E-state index in [1.165, 1.54) is 24.8 Å². The van der Waals surface area contributed by atoms with E-state index in [2.05, 4.69) is 21.4 Å². The monoisotopic (exact) mass is 339 g/mol. The van der Waals surface area contributed by atoms with Crippen LogP contribution in [0, 0.1) is 0 Å². The van der Waals surface area contributed by atoms with Gasteiger partial charge in [0.2, 0.25) is 0 Å². The number of hydrogen-bond donors (Lipinski definition) is 2. The van der Waals surface area contributed by atoms with Gasteiger partial charge in [-0.25, -0.2) is 9.97 Å². The average Bonchev–Trinajstić information content (AvgIpc) is 3.09. The third-order valence-electron chi connectivity index (χ3n) is 4.71. The van der Waals surface area contributed by atoms with Gasteiger partial charge in [0.25, 0.3) is 0 Å². The first-order valence-corrected chi connectivity index (χ1v) is 9.42. The molecule has 0 amide bonds. The molecule has 3 aromatic rings. The highest BCUT2D eigenvalue weighted by atomic mass is 32.1. The fourth-order valence-corrected chi connectivity index (χ4v) is 4.22. The number of fused-ring (bicyclic) bond motifs is 1. The lowest BCUT2D eigenvalue weighted by molar-refractivity contribution is 0.382. The standard InChI is InChI=1S/C19H21N3OS/c23-16-10-13(4-5-15-3-1-2-7-20-15)9-14(11-16)18-17-6-8-24-19(17)22-12-21-18/h6,8-12,15,20,23H,1-5,7H2/t15-/m1/s1. The molecule has 5 heteroatoms. The van der Waals surface area contributed by atoms with Crippen molar-refractivity contribution in [2.75, 3.05) is 6.54 Å². The number of hydrogen-bond acceptors (Lipinski definition) is 5. The third-order valence-corrected chi connectivity index (χ3v) is 5.53. The van der Waals surface area contributed by atoms with E-state index in [0.29, 0.717) is 11.8 Å². The second kappa shape index (κ2) is 6.87. The summed E-state index contributed by atoms with van der Waals surface area (Å²) in [5.41, 5.74) is 3.03. The normalized spacial score (nSPS) is 18.1. The molecule has 4 rings (SSSR count). The van der Waals surface area contributed by atoms with Gasteiger partial charge in [0.1, 0.15) is 16.9 Å². The molecule has 1 atom stereocenters. The number of benzene rings is 1. The summed E-state index contributed by atoms with van der Waals surface area (Å²) in [6.45, 7) is 1.13. The van der Waals surface area contributed by atoms with Gasteiger partial charge in [0.15, 0.2) is 0 Å². The van der Waals surface area contributed by atoms with Gasteiger partial charge in [0, 0.05) is 17.0 Å².